The summed E-state index contributed by atoms with van der Waals surface area (Å²) in [7, 11) is -3.87. The van der Waals surface area contributed by atoms with Gasteiger partial charge in [-0.2, -0.15) is 5.10 Å². The van der Waals surface area contributed by atoms with Crippen molar-refractivity contribution in [2.24, 2.45) is 0 Å². The molecular weight excluding hydrogens is 370 g/mol. The largest absolute Gasteiger partial charge is 0.271 e. The van der Waals surface area contributed by atoms with E-state index in [1.54, 1.807) is 30.1 Å². The summed E-state index contributed by atoms with van der Waals surface area (Å²) in [6.45, 7) is 1.98. The number of aromatic nitrogens is 3. The Bertz CT molecular complexity index is 1060. The Morgan fingerprint density at radius 2 is 2.00 bits per heavy atom. The second kappa shape index (κ2) is 7.64. The number of pyridine rings is 1. The van der Waals surface area contributed by atoms with E-state index in [4.69, 9.17) is 0 Å². The van der Waals surface area contributed by atoms with Gasteiger partial charge in [-0.25, -0.2) is 13.1 Å². The summed E-state index contributed by atoms with van der Waals surface area (Å²) in [6, 6.07) is 11.0. The highest BCUT2D eigenvalue weighted by Crippen LogP contribution is 2.21. The van der Waals surface area contributed by atoms with Crippen LogP contribution in [0.2, 0.25) is 0 Å². The standard InChI is InChI=1S/C17H17N5O4S/c1-13-5-6-14(22(23)24)12-17(13)27(25,26)19-9-11-21-10-7-16(20-21)15-4-2-3-8-18-15/h2-8,10,12,19H,9,11H2,1H3. The number of hydrogen-bond acceptors (Lipinski definition) is 6. The minimum absolute atomic E-state index is 0.0911. The van der Waals surface area contributed by atoms with Gasteiger partial charge in [-0.3, -0.25) is 19.8 Å². The zero-order chi connectivity index (χ0) is 19.4. The van der Waals surface area contributed by atoms with Crippen molar-refractivity contribution >= 4 is 15.7 Å². The summed E-state index contributed by atoms with van der Waals surface area (Å²) in [5.74, 6) is 0. The first-order chi connectivity index (χ1) is 12.9. The number of nitrogens with one attached hydrogen (secondary N) is 1. The highest BCUT2D eigenvalue weighted by atomic mass is 32.2. The third kappa shape index (κ3) is 4.36. The number of benzene rings is 1. The highest BCUT2D eigenvalue weighted by Gasteiger charge is 2.20. The van der Waals surface area contributed by atoms with Crippen LogP contribution in [0.15, 0.2) is 59.8 Å². The minimum Gasteiger partial charge on any atom is -0.271 e. The van der Waals surface area contributed by atoms with Crippen molar-refractivity contribution < 1.29 is 13.3 Å². The van der Waals surface area contributed by atoms with Crippen LogP contribution in [0.3, 0.4) is 0 Å². The van der Waals surface area contributed by atoms with Crippen molar-refractivity contribution in [3.05, 3.63) is 70.5 Å². The summed E-state index contributed by atoms with van der Waals surface area (Å²) in [5, 5.41) is 15.2. The molecule has 0 aliphatic rings. The summed E-state index contributed by atoms with van der Waals surface area (Å²) in [5.41, 5.74) is 1.58. The lowest BCUT2D eigenvalue weighted by Crippen LogP contribution is -2.28. The Kier molecular flexibility index (Phi) is 5.28. The molecule has 0 aliphatic carbocycles. The van der Waals surface area contributed by atoms with Gasteiger partial charge in [0, 0.05) is 31.1 Å². The minimum atomic E-state index is -3.87. The molecule has 0 aliphatic heterocycles. The summed E-state index contributed by atoms with van der Waals surface area (Å²) in [4.78, 5) is 14.4. The smallest absolute Gasteiger partial charge is 0.270 e. The van der Waals surface area contributed by atoms with Gasteiger partial charge in [0.05, 0.1) is 22.1 Å². The summed E-state index contributed by atoms with van der Waals surface area (Å²) >= 11 is 0. The van der Waals surface area contributed by atoms with Crippen LogP contribution in [0.5, 0.6) is 0 Å². The molecule has 0 amide bonds. The Morgan fingerprint density at radius 1 is 1.19 bits per heavy atom. The Hall–Kier alpha value is -3.11. The van der Waals surface area contributed by atoms with Crippen molar-refractivity contribution in [3.8, 4) is 11.4 Å². The molecule has 0 saturated heterocycles. The van der Waals surface area contributed by atoms with Crippen molar-refractivity contribution in [1.82, 2.24) is 19.5 Å². The molecule has 3 rings (SSSR count). The molecule has 0 fully saturated rings. The first kappa shape index (κ1) is 18.7. The van der Waals surface area contributed by atoms with Gasteiger partial charge in [0.2, 0.25) is 10.0 Å². The molecule has 140 valence electrons. The van der Waals surface area contributed by atoms with Gasteiger partial charge in [0.25, 0.3) is 5.69 Å². The van der Waals surface area contributed by atoms with E-state index in [1.165, 1.54) is 12.1 Å². The Labute approximate surface area is 155 Å². The van der Waals surface area contributed by atoms with Crippen LogP contribution in [-0.4, -0.2) is 34.7 Å². The molecule has 3 aromatic rings. The lowest BCUT2D eigenvalue weighted by molar-refractivity contribution is -0.385. The monoisotopic (exact) mass is 387 g/mol. The number of hydrogen-bond donors (Lipinski definition) is 1. The van der Waals surface area contributed by atoms with Crippen LogP contribution >= 0.6 is 0 Å². The van der Waals surface area contributed by atoms with Gasteiger partial charge in [-0.05, 0) is 30.7 Å². The first-order valence-electron chi connectivity index (χ1n) is 8.06. The molecule has 10 heteroatoms. The molecule has 0 spiro atoms. The topological polar surface area (TPSA) is 120 Å². The molecule has 2 aromatic heterocycles. The average molecular weight is 387 g/mol. The van der Waals surface area contributed by atoms with Crippen molar-refractivity contribution in [3.63, 3.8) is 0 Å². The fourth-order valence-corrected chi connectivity index (χ4v) is 3.78. The number of nitro groups is 1. The van der Waals surface area contributed by atoms with Crippen LogP contribution in [0, 0.1) is 17.0 Å². The van der Waals surface area contributed by atoms with Gasteiger partial charge >= 0.3 is 0 Å². The fourth-order valence-electron chi connectivity index (χ4n) is 2.50. The third-order valence-corrected chi connectivity index (χ3v) is 5.48. The van der Waals surface area contributed by atoms with Gasteiger partial charge in [0.1, 0.15) is 5.69 Å². The number of nitrogens with zero attached hydrogens (tertiary/aromatic N) is 4. The van der Waals surface area contributed by atoms with E-state index >= 15 is 0 Å². The Morgan fingerprint density at radius 3 is 2.70 bits per heavy atom. The maximum Gasteiger partial charge on any atom is 0.270 e. The SMILES string of the molecule is Cc1ccc([N+](=O)[O-])cc1S(=O)(=O)NCCn1ccc(-c2ccccn2)n1. The zero-order valence-electron chi connectivity index (χ0n) is 14.4. The predicted octanol–water partition coefficient (Wildman–Crippen LogP) is 2.14. The third-order valence-electron chi connectivity index (χ3n) is 3.87. The number of non-ortho nitro benzene ring substituents is 1. The van der Waals surface area contributed by atoms with E-state index in [0.717, 1.165) is 11.8 Å². The van der Waals surface area contributed by atoms with Crippen LogP contribution in [0.25, 0.3) is 11.4 Å². The average Bonchev–Trinajstić information content (AvgIpc) is 3.11. The number of rotatable bonds is 7. The first-order valence-corrected chi connectivity index (χ1v) is 9.55. The summed E-state index contributed by atoms with van der Waals surface area (Å²) < 4.78 is 29.0. The Balaban J connectivity index is 1.68. The second-order valence-electron chi connectivity index (χ2n) is 5.78. The quantitative estimate of drug-likeness (QED) is 0.490. The number of aryl methyl sites for hydroxylation is 1. The van der Waals surface area contributed by atoms with Gasteiger partial charge < -0.3 is 0 Å². The molecule has 27 heavy (non-hydrogen) atoms. The highest BCUT2D eigenvalue weighted by molar-refractivity contribution is 7.89. The molecule has 9 nitrogen and oxygen atoms in total. The van der Waals surface area contributed by atoms with Crippen molar-refractivity contribution in [1.29, 1.82) is 0 Å². The van der Waals surface area contributed by atoms with Gasteiger partial charge in [0.15, 0.2) is 0 Å². The van der Waals surface area contributed by atoms with E-state index in [9.17, 15) is 18.5 Å². The number of nitro benzene ring substituents is 1. The molecule has 1 aromatic carbocycles. The van der Waals surface area contributed by atoms with Gasteiger partial charge in [-0.1, -0.05) is 12.1 Å². The molecular formula is C17H17N5O4S. The van der Waals surface area contributed by atoms with Crippen LogP contribution in [0.1, 0.15) is 5.56 Å². The van der Waals surface area contributed by atoms with Crippen LogP contribution in [-0.2, 0) is 16.6 Å². The molecule has 0 bridgehead atoms. The van der Waals surface area contributed by atoms with E-state index in [0.29, 0.717) is 17.8 Å². The summed E-state index contributed by atoms with van der Waals surface area (Å²) in [6.07, 6.45) is 3.40. The van der Waals surface area contributed by atoms with E-state index < -0.39 is 14.9 Å². The van der Waals surface area contributed by atoms with E-state index in [-0.39, 0.29) is 17.1 Å². The lowest BCUT2D eigenvalue weighted by atomic mass is 10.2. The predicted molar refractivity (Wildman–Crippen MR) is 98.5 cm³/mol. The van der Waals surface area contributed by atoms with Gasteiger partial charge in [-0.15, -0.1) is 0 Å². The van der Waals surface area contributed by atoms with Crippen molar-refractivity contribution in [2.45, 2.75) is 18.4 Å². The fraction of sp³-hybridized carbons (Fsp3) is 0.176. The van der Waals surface area contributed by atoms with E-state index in [1.807, 2.05) is 18.2 Å². The molecule has 0 atom stereocenters. The van der Waals surface area contributed by atoms with Crippen LogP contribution < -0.4 is 4.72 Å². The molecule has 1 N–H and O–H groups in total. The lowest BCUT2D eigenvalue weighted by Gasteiger charge is -2.09. The maximum atomic E-state index is 12.5. The molecule has 2 heterocycles. The number of sulfonamides is 1. The zero-order valence-corrected chi connectivity index (χ0v) is 15.3. The molecule has 0 unspecified atom stereocenters. The molecule has 0 radical (unpaired) electrons. The maximum absolute atomic E-state index is 12.5. The normalized spacial score (nSPS) is 11.4. The van der Waals surface area contributed by atoms with Crippen LogP contribution in [0.4, 0.5) is 5.69 Å². The van der Waals surface area contributed by atoms with Crippen molar-refractivity contribution in [2.75, 3.05) is 6.54 Å². The van der Waals surface area contributed by atoms with E-state index in [2.05, 4.69) is 14.8 Å². The second-order valence-corrected chi connectivity index (χ2v) is 7.52. The molecule has 0 saturated carbocycles.